The molecule has 19 heavy (non-hydrogen) atoms. The van der Waals surface area contributed by atoms with Crippen LogP contribution in [0.1, 0.15) is 13.3 Å². The lowest BCUT2D eigenvalue weighted by molar-refractivity contribution is -0.148. The smallest absolute Gasteiger partial charge is 0.312 e. The Labute approximate surface area is 117 Å². The van der Waals surface area contributed by atoms with E-state index in [1.54, 1.807) is 17.8 Å². The van der Waals surface area contributed by atoms with Gasteiger partial charge in [0, 0.05) is 12.8 Å². The van der Waals surface area contributed by atoms with Crippen molar-refractivity contribution in [2.24, 2.45) is 11.8 Å². The Morgan fingerprint density at radius 1 is 1.63 bits per heavy atom. The number of carbonyl (C=O) groups is 2. The second-order valence-electron chi connectivity index (χ2n) is 4.52. The van der Waals surface area contributed by atoms with Crippen LogP contribution in [-0.4, -0.2) is 23.9 Å². The van der Waals surface area contributed by atoms with Crippen LogP contribution in [0.5, 0.6) is 0 Å². The minimum Gasteiger partial charge on any atom is -0.461 e. The van der Waals surface area contributed by atoms with E-state index in [4.69, 9.17) is 4.74 Å². The first-order chi connectivity index (χ1) is 9.13. The van der Waals surface area contributed by atoms with Crippen LogP contribution in [0.3, 0.4) is 0 Å². The zero-order valence-corrected chi connectivity index (χ0v) is 11.6. The summed E-state index contributed by atoms with van der Waals surface area (Å²) in [6.07, 6.45) is 8.39. The lowest BCUT2D eigenvalue weighted by Gasteiger charge is -2.22. The summed E-state index contributed by atoms with van der Waals surface area (Å²) in [5.41, 5.74) is 0. The number of hydrogen-bond acceptors (Lipinski definition) is 4. The van der Waals surface area contributed by atoms with E-state index in [1.807, 2.05) is 18.2 Å². The van der Waals surface area contributed by atoms with Gasteiger partial charge < -0.3 is 10.1 Å². The molecule has 1 heterocycles. The van der Waals surface area contributed by atoms with Crippen molar-refractivity contribution in [3.8, 4) is 0 Å². The molecule has 0 aromatic heterocycles. The maximum absolute atomic E-state index is 12.2. The maximum atomic E-state index is 12.2. The largest absolute Gasteiger partial charge is 0.461 e. The van der Waals surface area contributed by atoms with Gasteiger partial charge in [0.15, 0.2) is 0 Å². The fourth-order valence-corrected chi connectivity index (χ4v) is 3.89. The molecule has 1 N–H and O–H groups in total. The zero-order valence-electron chi connectivity index (χ0n) is 10.8. The van der Waals surface area contributed by atoms with Gasteiger partial charge in [-0.05, 0) is 11.3 Å². The van der Waals surface area contributed by atoms with E-state index in [1.165, 1.54) is 6.92 Å². The zero-order chi connectivity index (χ0) is 13.8. The highest BCUT2D eigenvalue weighted by atomic mass is 32.2. The maximum Gasteiger partial charge on any atom is 0.312 e. The molecule has 0 aromatic rings. The van der Waals surface area contributed by atoms with Gasteiger partial charge in [-0.1, -0.05) is 30.9 Å². The predicted molar refractivity (Wildman–Crippen MR) is 75.2 cm³/mol. The van der Waals surface area contributed by atoms with Crippen molar-refractivity contribution < 1.29 is 14.3 Å². The third-order valence-electron chi connectivity index (χ3n) is 3.14. The van der Waals surface area contributed by atoms with Gasteiger partial charge in [0.25, 0.3) is 0 Å². The van der Waals surface area contributed by atoms with Gasteiger partial charge in [0.05, 0.1) is 11.3 Å². The van der Waals surface area contributed by atoms with Gasteiger partial charge in [-0.25, -0.2) is 0 Å². The molecule has 1 amide bonds. The van der Waals surface area contributed by atoms with Crippen molar-refractivity contribution in [2.45, 2.75) is 18.7 Å². The molecule has 0 radical (unpaired) electrons. The third-order valence-corrected chi connectivity index (χ3v) is 4.51. The van der Waals surface area contributed by atoms with Gasteiger partial charge in [-0.15, -0.1) is 11.8 Å². The summed E-state index contributed by atoms with van der Waals surface area (Å²) in [6, 6.07) is 0. The molecule has 1 aliphatic carbocycles. The molecule has 0 bridgehead atoms. The Morgan fingerprint density at radius 3 is 3.11 bits per heavy atom. The predicted octanol–water partition coefficient (Wildman–Crippen LogP) is 2.00. The van der Waals surface area contributed by atoms with Crippen LogP contribution >= 0.6 is 11.8 Å². The summed E-state index contributed by atoms with van der Waals surface area (Å²) in [5, 5.41) is 2.59. The van der Waals surface area contributed by atoms with E-state index in [0.29, 0.717) is 0 Å². The van der Waals surface area contributed by atoms with Crippen LogP contribution in [0.25, 0.3) is 0 Å². The first kappa shape index (κ1) is 13.9. The summed E-state index contributed by atoms with van der Waals surface area (Å²) in [5.74, 6) is -0.615. The first-order valence-corrected chi connectivity index (χ1v) is 7.09. The summed E-state index contributed by atoms with van der Waals surface area (Å²) >= 11 is 1.54. The molecule has 4 nitrogen and oxygen atoms in total. The fourth-order valence-electron chi connectivity index (χ4n) is 2.35. The summed E-state index contributed by atoms with van der Waals surface area (Å²) < 4.78 is 5.16. The number of nitrogens with one attached hydrogen (secondary N) is 1. The van der Waals surface area contributed by atoms with Crippen molar-refractivity contribution in [1.82, 2.24) is 5.32 Å². The molecule has 1 fully saturated rings. The van der Waals surface area contributed by atoms with Crippen molar-refractivity contribution in [3.63, 3.8) is 0 Å². The topological polar surface area (TPSA) is 55.4 Å². The lowest BCUT2D eigenvalue weighted by atomic mass is 9.87. The average molecular weight is 279 g/mol. The number of hydrogen-bond donors (Lipinski definition) is 1. The summed E-state index contributed by atoms with van der Waals surface area (Å²) in [6.45, 7) is 5.20. The molecule has 1 saturated heterocycles. The highest BCUT2D eigenvalue weighted by molar-refractivity contribution is 8.04. The second kappa shape index (κ2) is 6.10. The van der Waals surface area contributed by atoms with Crippen LogP contribution in [0.15, 0.2) is 35.8 Å². The molecular weight excluding hydrogens is 262 g/mol. The van der Waals surface area contributed by atoms with Crippen LogP contribution in [0.2, 0.25) is 0 Å². The first-order valence-electron chi connectivity index (χ1n) is 6.21. The minimum absolute atomic E-state index is 0.115. The van der Waals surface area contributed by atoms with Crippen LogP contribution < -0.4 is 5.32 Å². The molecule has 5 heteroatoms. The molecule has 3 atom stereocenters. The molecule has 1 aliphatic heterocycles. The van der Waals surface area contributed by atoms with Gasteiger partial charge in [-0.3, -0.25) is 9.59 Å². The van der Waals surface area contributed by atoms with E-state index in [-0.39, 0.29) is 35.7 Å². The number of fused-ring (bicyclic) bond motifs is 1. The molecule has 2 rings (SSSR count). The standard InChI is InChI=1S/C14H17NO3S/c1-3-8-18-14(17)12-10-6-4-5-7-11(10)19-13(12)15-9(2)16/h3-5,7,10,12-13H,1,6,8H2,2H3,(H,15,16). The number of amides is 1. The molecule has 0 saturated carbocycles. The number of thioether (sulfide) groups is 1. The van der Waals surface area contributed by atoms with Gasteiger partial charge in [0.2, 0.25) is 5.91 Å². The second-order valence-corrected chi connectivity index (χ2v) is 5.74. The Kier molecular flexibility index (Phi) is 4.47. The molecule has 102 valence electrons. The number of allylic oxidation sites excluding steroid dienone is 4. The van der Waals surface area contributed by atoms with Crippen molar-refractivity contribution in [1.29, 1.82) is 0 Å². The van der Waals surface area contributed by atoms with Crippen molar-refractivity contribution in [3.05, 3.63) is 35.8 Å². The molecule has 2 aliphatic rings. The monoisotopic (exact) mass is 279 g/mol. The minimum atomic E-state index is -0.329. The highest BCUT2D eigenvalue weighted by Crippen LogP contribution is 2.48. The Balaban J connectivity index is 2.16. The molecular formula is C14H17NO3S. The highest BCUT2D eigenvalue weighted by Gasteiger charge is 2.46. The number of rotatable bonds is 4. The van der Waals surface area contributed by atoms with E-state index >= 15 is 0 Å². The number of carbonyl (C=O) groups excluding carboxylic acids is 2. The van der Waals surface area contributed by atoms with Gasteiger partial charge in [-0.2, -0.15) is 0 Å². The Morgan fingerprint density at radius 2 is 2.42 bits per heavy atom. The van der Waals surface area contributed by atoms with E-state index in [9.17, 15) is 9.59 Å². The summed E-state index contributed by atoms with van der Waals surface area (Å²) in [4.78, 5) is 24.6. The van der Waals surface area contributed by atoms with Crippen LogP contribution in [-0.2, 0) is 14.3 Å². The summed E-state index contributed by atoms with van der Waals surface area (Å²) in [7, 11) is 0. The average Bonchev–Trinajstić information content (AvgIpc) is 2.72. The van der Waals surface area contributed by atoms with Crippen molar-refractivity contribution >= 4 is 23.6 Å². The number of esters is 1. The third kappa shape index (κ3) is 3.10. The lowest BCUT2D eigenvalue weighted by Crippen LogP contribution is -2.40. The quantitative estimate of drug-likeness (QED) is 0.632. The Hall–Kier alpha value is -1.49. The van der Waals surface area contributed by atoms with Crippen molar-refractivity contribution in [2.75, 3.05) is 6.61 Å². The SMILES string of the molecule is C=CCOC(=O)C1C(NC(C)=O)SC2=CC=CCC21. The number of ether oxygens (including phenoxy) is 1. The normalized spacial score (nSPS) is 28.3. The van der Waals surface area contributed by atoms with Gasteiger partial charge >= 0.3 is 5.97 Å². The van der Waals surface area contributed by atoms with E-state index in [0.717, 1.165) is 11.3 Å². The fraction of sp³-hybridized carbons (Fsp3) is 0.429. The Bertz CT molecular complexity index is 456. The van der Waals surface area contributed by atoms with Gasteiger partial charge in [0.1, 0.15) is 6.61 Å². The van der Waals surface area contributed by atoms with E-state index < -0.39 is 0 Å². The van der Waals surface area contributed by atoms with Crippen LogP contribution in [0.4, 0.5) is 0 Å². The molecule has 3 unspecified atom stereocenters. The van der Waals surface area contributed by atoms with Crippen LogP contribution in [0, 0.1) is 11.8 Å². The molecule has 0 spiro atoms. The van der Waals surface area contributed by atoms with E-state index in [2.05, 4.69) is 11.9 Å². The molecule has 0 aromatic carbocycles.